The molecule has 0 spiro atoms. The highest BCUT2D eigenvalue weighted by Gasteiger charge is 2.24. The molecule has 0 aliphatic heterocycles. The maximum Gasteiger partial charge on any atom is 0.272 e. The molecule has 6 rings (SSSR count). The standard InChI is InChI=1S/C39H31BrN4O4S2/c1-2-48-30-19-22-32-34(24-30)50-39(43-32)44-38(47)35(26-9-5-3-6-10-26)49-31-20-17-29(18-21-31)41-37(46)33(23-25-13-15-28(40)16-14-25)42-36(45)27-11-7-4-8-12-27/h3-24,35H,2H2,1H3,(H,41,46)(H,42,45)(H,43,44,47)/b33-23-. The van der Waals surface area contributed by atoms with Crippen molar-refractivity contribution in [3.63, 3.8) is 0 Å². The van der Waals surface area contributed by atoms with E-state index in [-0.39, 0.29) is 11.6 Å². The van der Waals surface area contributed by atoms with Gasteiger partial charge in [-0.3, -0.25) is 14.4 Å². The number of anilines is 2. The lowest BCUT2D eigenvalue weighted by Gasteiger charge is -2.16. The van der Waals surface area contributed by atoms with Gasteiger partial charge in [-0.2, -0.15) is 0 Å². The Morgan fingerprint density at radius 2 is 1.56 bits per heavy atom. The van der Waals surface area contributed by atoms with Crippen molar-refractivity contribution >= 4 is 83.9 Å². The van der Waals surface area contributed by atoms with E-state index in [9.17, 15) is 14.4 Å². The number of amides is 3. The van der Waals surface area contributed by atoms with E-state index in [1.165, 1.54) is 23.1 Å². The van der Waals surface area contributed by atoms with Gasteiger partial charge in [-0.25, -0.2) is 4.98 Å². The molecule has 1 heterocycles. The monoisotopic (exact) mass is 762 g/mol. The number of nitrogens with zero attached hydrogens (tertiary/aromatic N) is 1. The largest absolute Gasteiger partial charge is 0.494 e. The Hall–Kier alpha value is -5.23. The molecule has 0 fully saturated rings. The summed E-state index contributed by atoms with van der Waals surface area (Å²) in [5.74, 6) is -0.335. The fraction of sp³-hybridized carbons (Fsp3) is 0.0769. The van der Waals surface area contributed by atoms with Gasteiger partial charge in [0, 0.05) is 20.6 Å². The fourth-order valence-electron chi connectivity index (χ4n) is 4.91. The average molecular weight is 764 g/mol. The van der Waals surface area contributed by atoms with Crippen molar-refractivity contribution in [2.75, 3.05) is 17.2 Å². The number of carbonyl (C=O) groups is 3. The van der Waals surface area contributed by atoms with Crippen LogP contribution in [-0.4, -0.2) is 29.3 Å². The second-order valence-corrected chi connectivity index (χ2v) is 14.0. The number of halogens is 1. The highest BCUT2D eigenvalue weighted by Crippen LogP contribution is 2.38. The van der Waals surface area contributed by atoms with Gasteiger partial charge in [0.05, 0.1) is 16.8 Å². The minimum absolute atomic E-state index is 0.0874. The van der Waals surface area contributed by atoms with Crippen LogP contribution >= 0.6 is 39.0 Å². The van der Waals surface area contributed by atoms with Crippen molar-refractivity contribution in [3.8, 4) is 5.75 Å². The summed E-state index contributed by atoms with van der Waals surface area (Å²) in [5.41, 5.74) is 3.40. The van der Waals surface area contributed by atoms with Crippen molar-refractivity contribution in [2.45, 2.75) is 17.1 Å². The molecule has 6 aromatic rings. The number of thioether (sulfide) groups is 1. The van der Waals surface area contributed by atoms with Crippen LogP contribution in [0.4, 0.5) is 10.8 Å². The molecule has 0 radical (unpaired) electrons. The molecule has 1 unspecified atom stereocenters. The molecule has 0 aliphatic carbocycles. The Labute approximate surface area is 306 Å². The first kappa shape index (κ1) is 34.6. The van der Waals surface area contributed by atoms with Crippen LogP contribution in [0, 0.1) is 0 Å². The molecule has 3 amide bonds. The zero-order valence-corrected chi connectivity index (χ0v) is 30.0. The minimum atomic E-state index is -0.573. The highest BCUT2D eigenvalue weighted by atomic mass is 79.9. The number of thiazole rings is 1. The van der Waals surface area contributed by atoms with Crippen molar-refractivity contribution in [2.24, 2.45) is 0 Å². The molecular weight excluding hydrogens is 732 g/mol. The second-order valence-electron chi connectivity index (χ2n) is 10.9. The average Bonchev–Trinajstić information content (AvgIpc) is 3.54. The second kappa shape index (κ2) is 16.4. The summed E-state index contributed by atoms with van der Waals surface area (Å²) in [4.78, 5) is 45.6. The predicted molar refractivity (Wildman–Crippen MR) is 206 cm³/mol. The van der Waals surface area contributed by atoms with Crippen LogP contribution in [0.2, 0.25) is 0 Å². The topological polar surface area (TPSA) is 109 Å². The van der Waals surface area contributed by atoms with E-state index in [4.69, 9.17) is 4.74 Å². The summed E-state index contributed by atoms with van der Waals surface area (Å²) in [6, 6.07) is 38.5. The molecule has 250 valence electrons. The molecular formula is C39H31BrN4O4S2. The van der Waals surface area contributed by atoms with Crippen molar-refractivity contribution in [3.05, 3.63) is 154 Å². The van der Waals surface area contributed by atoms with E-state index in [0.29, 0.717) is 23.0 Å². The number of ether oxygens (including phenoxy) is 1. The number of aromatic nitrogens is 1. The third-order valence-electron chi connectivity index (χ3n) is 7.32. The molecule has 0 saturated heterocycles. The quantitative estimate of drug-likeness (QED) is 0.0847. The van der Waals surface area contributed by atoms with Gasteiger partial charge in [0.15, 0.2) is 5.13 Å². The Morgan fingerprint density at radius 1 is 0.860 bits per heavy atom. The number of benzene rings is 5. The number of carbonyl (C=O) groups excluding carboxylic acids is 3. The van der Waals surface area contributed by atoms with Gasteiger partial charge < -0.3 is 20.7 Å². The first-order valence-electron chi connectivity index (χ1n) is 15.7. The summed E-state index contributed by atoms with van der Waals surface area (Å²) in [6.45, 7) is 2.50. The van der Waals surface area contributed by atoms with E-state index in [0.717, 1.165) is 36.5 Å². The summed E-state index contributed by atoms with van der Waals surface area (Å²) in [5, 5.41) is 8.59. The Balaban J connectivity index is 1.17. The van der Waals surface area contributed by atoms with E-state index < -0.39 is 17.1 Å². The van der Waals surface area contributed by atoms with Crippen LogP contribution in [0.5, 0.6) is 5.75 Å². The lowest BCUT2D eigenvalue weighted by atomic mass is 10.1. The van der Waals surface area contributed by atoms with Gasteiger partial charge >= 0.3 is 0 Å². The number of nitrogens with one attached hydrogen (secondary N) is 3. The van der Waals surface area contributed by atoms with Crippen LogP contribution in [0.15, 0.2) is 142 Å². The smallest absolute Gasteiger partial charge is 0.272 e. The predicted octanol–water partition coefficient (Wildman–Crippen LogP) is 9.34. The van der Waals surface area contributed by atoms with Gasteiger partial charge in [0.1, 0.15) is 16.7 Å². The number of hydrogen-bond donors (Lipinski definition) is 3. The number of hydrogen-bond acceptors (Lipinski definition) is 7. The van der Waals surface area contributed by atoms with Gasteiger partial charge in [-0.05, 0) is 90.9 Å². The fourth-order valence-corrected chi connectivity index (χ4v) is 7.09. The molecule has 1 atom stereocenters. The summed E-state index contributed by atoms with van der Waals surface area (Å²) >= 11 is 6.21. The normalized spacial score (nSPS) is 11.8. The maximum absolute atomic E-state index is 13.7. The number of fused-ring (bicyclic) bond motifs is 1. The van der Waals surface area contributed by atoms with Crippen molar-refractivity contribution < 1.29 is 19.1 Å². The number of rotatable bonds is 12. The van der Waals surface area contributed by atoms with Crippen LogP contribution < -0.4 is 20.7 Å². The molecule has 3 N–H and O–H groups in total. The van der Waals surface area contributed by atoms with Crippen LogP contribution in [0.25, 0.3) is 16.3 Å². The first-order chi connectivity index (χ1) is 24.3. The summed E-state index contributed by atoms with van der Waals surface area (Å²) in [6.07, 6.45) is 1.62. The lowest BCUT2D eigenvalue weighted by Crippen LogP contribution is -2.30. The van der Waals surface area contributed by atoms with Crippen LogP contribution in [0.3, 0.4) is 0 Å². The summed E-state index contributed by atoms with van der Waals surface area (Å²) in [7, 11) is 0. The van der Waals surface area contributed by atoms with E-state index in [1.807, 2.05) is 97.9 Å². The van der Waals surface area contributed by atoms with Crippen molar-refractivity contribution in [1.82, 2.24) is 10.3 Å². The summed E-state index contributed by atoms with van der Waals surface area (Å²) < 4.78 is 7.43. The van der Waals surface area contributed by atoms with Crippen LogP contribution in [-0.2, 0) is 9.59 Å². The first-order valence-corrected chi connectivity index (χ1v) is 18.1. The lowest BCUT2D eigenvalue weighted by molar-refractivity contribution is -0.116. The molecule has 8 nitrogen and oxygen atoms in total. The van der Waals surface area contributed by atoms with Crippen molar-refractivity contribution in [1.29, 1.82) is 0 Å². The SMILES string of the molecule is CCOc1ccc2nc(NC(=O)C(Sc3ccc(NC(=O)/C(=C/c4ccc(Br)cc4)NC(=O)c4ccccc4)cc3)c3ccccc3)sc2c1. The van der Waals surface area contributed by atoms with Crippen LogP contribution in [0.1, 0.15) is 33.7 Å². The van der Waals surface area contributed by atoms with E-state index >= 15 is 0 Å². The van der Waals surface area contributed by atoms with Gasteiger partial charge in [0.2, 0.25) is 5.91 Å². The van der Waals surface area contributed by atoms with E-state index in [2.05, 4.69) is 36.9 Å². The third-order valence-corrected chi connectivity index (χ3v) is 10.0. The minimum Gasteiger partial charge on any atom is -0.494 e. The Kier molecular flexibility index (Phi) is 11.4. The zero-order chi connectivity index (χ0) is 34.9. The molecule has 1 aromatic heterocycles. The molecule has 0 saturated carbocycles. The maximum atomic E-state index is 13.7. The molecule has 0 bridgehead atoms. The van der Waals surface area contributed by atoms with Gasteiger partial charge in [0.25, 0.3) is 11.8 Å². The third kappa shape index (κ3) is 9.06. The highest BCUT2D eigenvalue weighted by molar-refractivity contribution is 9.10. The molecule has 50 heavy (non-hydrogen) atoms. The zero-order valence-electron chi connectivity index (χ0n) is 26.8. The Morgan fingerprint density at radius 3 is 2.26 bits per heavy atom. The van der Waals surface area contributed by atoms with Gasteiger partial charge in [-0.1, -0.05) is 87.9 Å². The van der Waals surface area contributed by atoms with Gasteiger partial charge in [-0.15, -0.1) is 11.8 Å². The molecule has 11 heteroatoms. The molecule has 0 aliphatic rings. The molecule has 5 aromatic carbocycles. The van der Waals surface area contributed by atoms with E-state index in [1.54, 1.807) is 42.5 Å². The Bertz CT molecular complexity index is 2140.